The van der Waals surface area contributed by atoms with Crippen LogP contribution in [0.4, 0.5) is 0 Å². The Labute approximate surface area is 195 Å². The van der Waals surface area contributed by atoms with Crippen LogP contribution in [0, 0.1) is 0 Å². The van der Waals surface area contributed by atoms with Gasteiger partial charge in [0, 0.05) is 22.5 Å². The minimum atomic E-state index is -0.166. The van der Waals surface area contributed by atoms with Crippen LogP contribution in [0.1, 0.15) is 29.2 Å². The van der Waals surface area contributed by atoms with Crippen LogP contribution in [0.15, 0.2) is 77.3 Å². The molecule has 1 amide bonds. The monoisotopic (exact) mass is 464 g/mol. The fourth-order valence-corrected chi connectivity index (χ4v) is 4.91. The molecule has 1 unspecified atom stereocenters. The fourth-order valence-electron chi connectivity index (χ4n) is 3.43. The first-order valence-corrected chi connectivity index (χ1v) is 12.1. The number of rotatable bonds is 9. The number of thiophene rings is 1. The number of carbonyl (C=O) groups is 1. The lowest BCUT2D eigenvalue weighted by molar-refractivity contribution is -0.119. The van der Waals surface area contributed by atoms with Gasteiger partial charge < -0.3 is 10.1 Å². The van der Waals surface area contributed by atoms with Crippen LogP contribution in [0.25, 0.3) is 5.69 Å². The van der Waals surface area contributed by atoms with Crippen LogP contribution in [0.3, 0.4) is 0 Å². The molecule has 2 heterocycles. The quantitative estimate of drug-likeness (QED) is 0.357. The largest absolute Gasteiger partial charge is 0.496 e. The molecule has 2 aromatic carbocycles. The van der Waals surface area contributed by atoms with Gasteiger partial charge in [-0.2, -0.15) is 0 Å². The van der Waals surface area contributed by atoms with Crippen LogP contribution < -0.4 is 10.1 Å². The van der Waals surface area contributed by atoms with Gasteiger partial charge in [-0.15, -0.1) is 21.5 Å². The average molecular weight is 465 g/mol. The molecule has 1 atom stereocenters. The van der Waals surface area contributed by atoms with Crippen molar-refractivity contribution in [2.45, 2.75) is 24.5 Å². The average Bonchev–Trinajstić information content (AvgIpc) is 3.48. The van der Waals surface area contributed by atoms with Crippen LogP contribution in [-0.4, -0.2) is 33.5 Å². The van der Waals surface area contributed by atoms with Gasteiger partial charge in [-0.05, 0) is 36.6 Å². The third-order valence-electron chi connectivity index (χ3n) is 4.94. The summed E-state index contributed by atoms with van der Waals surface area (Å²) >= 11 is 3.07. The van der Waals surface area contributed by atoms with Gasteiger partial charge in [-0.25, -0.2) is 0 Å². The Morgan fingerprint density at radius 3 is 2.62 bits per heavy atom. The van der Waals surface area contributed by atoms with Gasteiger partial charge in [0.2, 0.25) is 5.91 Å². The van der Waals surface area contributed by atoms with E-state index in [-0.39, 0.29) is 17.7 Å². The maximum atomic E-state index is 12.7. The summed E-state index contributed by atoms with van der Waals surface area (Å²) < 4.78 is 7.44. The summed E-state index contributed by atoms with van der Waals surface area (Å²) in [5.74, 6) is 1.78. The highest BCUT2D eigenvalue weighted by Gasteiger charge is 2.18. The number of carbonyl (C=O) groups excluding carboxylic acids is 1. The van der Waals surface area contributed by atoms with Crippen LogP contribution in [0.5, 0.6) is 5.75 Å². The maximum absolute atomic E-state index is 12.7. The van der Waals surface area contributed by atoms with Crippen LogP contribution >= 0.6 is 23.1 Å². The number of amides is 1. The Morgan fingerprint density at radius 1 is 1.09 bits per heavy atom. The van der Waals surface area contributed by atoms with Crippen molar-refractivity contribution in [3.05, 3.63) is 88.4 Å². The second-order valence-electron chi connectivity index (χ2n) is 7.15. The molecule has 0 bridgehead atoms. The topological polar surface area (TPSA) is 69.0 Å². The third kappa shape index (κ3) is 5.20. The smallest absolute Gasteiger partial charge is 0.230 e. The molecule has 0 radical (unpaired) electrons. The number of nitrogens with zero attached hydrogens (tertiary/aromatic N) is 3. The highest BCUT2D eigenvalue weighted by molar-refractivity contribution is 7.99. The Balaban J connectivity index is 1.48. The van der Waals surface area contributed by atoms with E-state index in [0.29, 0.717) is 11.6 Å². The van der Waals surface area contributed by atoms with Crippen LogP contribution in [0.2, 0.25) is 0 Å². The van der Waals surface area contributed by atoms with E-state index in [2.05, 4.69) is 27.0 Å². The molecule has 2 aromatic heterocycles. The van der Waals surface area contributed by atoms with E-state index < -0.39 is 0 Å². The minimum Gasteiger partial charge on any atom is -0.496 e. The Morgan fingerprint density at radius 2 is 1.88 bits per heavy atom. The number of benzene rings is 2. The molecule has 0 aliphatic heterocycles. The molecule has 4 rings (SSSR count). The molecule has 1 N–H and O–H groups in total. The molecule has 4 aromatic rings. The molecule has 0 saturated carbocycles. The minimum absolute atomic E-state index is 0.0733. The van der Waals surface area contributed by atoms with E-state index in [4.69, 9.17) is 4.74 Å². The van der Waals surface area contributed by atoms with Crippen molar-refractivity contribution in [1.29, 1.82) is 0 Å². The number of nitrogens with one attached hydrogen (secondary N) is 1. The summed E-state index contributed by atoms with van der Waals surface area (Å²) in [6.07, 6.45) is 0.692. The van der Waals surface area contributed by atoms with Gasteiger partial charge >= 0.3 is 0 Å². The first kappa shape index (κ1) is 22.1. The number of hydrogen-bond donors (Lipinski definition) is 1. The molecule has 6 nitrogen and oxygen atoms in total. The van der Waals surface area contributed by atoms with E-state index in [1.807, 2.05) is 72.2 Å². The molecular weight excluding hydrogens is 440 g/mol. The molecule has 0 saturated heterocycles. The molecular formula is C24H24N4O2S2. The molecule has 0 aliphatic carbocycles. The van der Waals surface area contributed by atoms with Crippen LogP contribution in [-0.2, 0) is 11.2 Å². The number of para-hydroxylation sites is 2. The lowest BCUT2D eigenvalue weighted by atomic mass is 10.1. The lowest BCUT2D eigenvalue weighted by Gasteiger charge is -2.17. The van der Waals surface area contributed by atoms with Crippen molar-refractivity contribution in [2.24, 2.45) is 0 Å². The summed E-state index contributed by atoms with van der Waals surface area (Å²) in [6.45, 7) is 1.95. The van der Waals surface area contributed by atoms with Crippen molar-refractivity contribution in [3.63, 3.8) is 0 Å². The summed E-state index contributed by atoms with van der Waals surface area (Å²) in [5.41, 5.74) is 1.92. The van der Waals surface area contributed by atoms with E-state index >= 15 is 0 Å². The van der Waals surface area contributed by atoms with Gasteiger partial charge in [0.15, 0.2) is 5.16 Å². The van der Waals surface area contributed by atoms with Gasteiger partial charge in [-0.1, -0.05) is 54.2 Å². The number of aromatic nitrogens is 3. The zero-order valence-electron chi connectivity index (χ0n) is 17.9. The van der Waals surface area contributed by atoms with Crippen molar-refractivity contribution in [2.75, 3.05) is 12.9 Å². The summed E-state index contributed by atoms with van der Waals surface area (Å²) in [7, 11) is 1.63. The molecule has 0 aliphatic rings. The molecule has 0 spiro atoms. The van der Waals surface area contributed by atoms with Gasteiger partial charge in [0.25, 0.3) is 0 Å². The number of hydrogen-bond acceptors (Lipinski definition) is 6. The van der Waals surface area contributed by atoms with Crippen molar-refractivity contribution in [1.82, 2.24) is 20.1 Å². The summed E-state index contributed by atoms with van der Waals surface area (Å²) in [5, 5.41) is 14.6. The molecule has 0 fully saturated rings. The Kier molecular flexibility index (Phi) is 7.24. The lowest BCUT2D eigenvalue weighted by Crippen LogP contribution is -2.28. The van der Waals surface area contributed by atoms with E-state index in [9.17, 15) is 4.79 Å². The molecule has 32 heavy (non-hydrogen) atoms. The SMILES string of the molecule is COc1ccccc1C(C)NC(=O)CSc1nnc(Cc2cccs2)n1-c1ccccc1. The van der Waals surface area contributed by atoms with E-state index in [1.54, 1.807) is 18.4 Å². The normalized spacial score (nSPS) is 11.8. The zero-order valence-corrected chi connectivity index (χ0v) is 19.5. The van der Waals surface area contributed by atoms with E-state index in [1.165, 1.54) is 16.6 Å². The Hall–Kier alpha value is -3.10. The number of ether oxygens (including phenoxy) is 1. The molecule has 8 heteroatoms. The predicted molar refractivity (Wildman–Crippen MR) is 129 cm³/mol. The maximum Gasteiger partial charge on any atom is 0.230 e. The fraction of sp³-hybridized carbons (Fsp3) is 0.208. The second-order valence-corrected chi connectivity index (χ2v) is 9.12. The highest BCUT2D eigenvalue weighted by Crippen LogP contribution is 2.26. The zero-order chi connectivity index (χ0) is 22.3. The highest BCUT2D eigenvalue weighted by atomic mass is 32.2. The van der Waals surface area contributed by atoms with Gasteiger partial charge in [0.1, 0.15) is 11.6 Å². The summed E-state index contributed by atoms with van der Waals surface area (Å²) in [6, 6.07) is 21.7. The molecule has 164 valence electrons. The predicted octanol–water partition coefficient (Wildman–Crippen LogP) is 4.90. The number of methoxy groups -OCH3 is 1. The van der Waals surface area contributed by atoms with Gasteiger partial charge in [0.05, 0.1) is 18.9 Å². The van der Waals surface area contributed by atoms with Crippen molar-refractivity contribution >= 4 is 29.0 Å². The van der Waals surface area contributed by atoms with Crippen molar-refractivity contribution in [3.8, 4) is 11.4 Å². The van der Waals surface area contributed by atoms with E-state index in [0.717, 1.165) is 22.8 Å². The first-order chi connectivity index (χ1) is 15.7. The standard InChI is InChI=1S/C24H24N4O2S2/c1-17(20-12-6-7-13-21(20)30-2)25-23(29)16-32-24-27-26-22(15-19-11-8-14-31-19)28(24)18-9-4-3-5-10-18/h3-14,17H,15-16H2,1-2H3,(H,25,29). The Bertz CT molecular complexity index is 1160. The van der Waals surface area contributed by atoms with Crippen molar-refractivity contribution < 1.29 is 9.53 Å². The second kappa shape index (κ2) is 10.5. The third-order valence-corrected chi connectivity index (χ3v) is 6.75. The van der Waals surface area contributed by atoms with Gasteiger partial charge in [-0.3, -0.25) is 9.36 Å². The first-order valence-electron chi connectivity index (χ1n) is 10.2. The number of thioether (sulfide) groups is 1. The summed E-state index contributed by atoms with van der Waals surface area (Å²) in [4.78, 5) is 13.9.